The number of imidazole rings is 1. The third kappa shape index (κ3) is 2.38. The summed E-state index contributed by atoms with van der Waals surface area (Å²) in [6.07, 6.45) is 8.30. The monoisotopic (exact) mass is 283 g/mol. The zero-order chi connectivity index (χ0) is 14.3. The summed E-state index contributed by atoms with van der Waals surface area (Å²) in [6.45, 7) is 4.78. The number of hydrogen-bond donors (Lipinski definition) is 1. The van der Waals surface area contributed by atoms with Gasteiger partial charge < -0.3 is 4.98 Å². The van der Waals surface area contributed by atoms with Gasteiger partial charge in [0.2, 0.25) is 0 Å². The summed E-state index contributed by atoms with van der Waals surface area (Å²) in [5.74, 6) is 1.18. The van der Waals surface area contributed by atoms with Crippen molar-refractivity contribution in [3.63, 3.8) is 0 Å². The molecule has 3 heteroatoms. The maximum atomic E-state index is 4.86. The molecule has 0 amide bonds. The van der Waals surface area contributed by atoms with Gasteiger partial charge in [-0.15, -0.1) is 0 Å². The Balaban J connectivity index is 1.56. The molecule has 3 nitrogen and oxygen atoms in total. The molecule has 0 radical (unpaired) electrons. The Kier molecular flexibility index (Phi) is 3.26. The third-order valence-corrected chi connectivity index (χ3v) is 5.56. The Morgan fingerprint density at radius 1 is 1.19 bits per heavy atom. The van der Waals surface area contributed by atoms with Crippen molar-refractivity contribution >= 4 is 11.0 Å². The first kappa shape index (κ1) is 13.3. The molecule has 1 unspecified atom stereocenters. The van der Waals surface area contributed by atoms with Crippen LogP contribution in [-0.4, -0.2) is 34.0 Å². The predicted molar refractivity (Wildman–Crippen MR) is 86.5 cm³/mol. The second-order valence-corrected chi connectivity index (χ2v) is 7.18. The molecule has 0 bridgehead atoms. The number of aromatic amines is 1. The number of para-hydroxylation sites is 2. The van der Waals surface area contributed by atoms with Crippen LogP contribution in [0.15, 0.2) is 24.3 Å². The van der Waals surface area contributed by atoms with Gasteiger partial charge in [0.15, 0.2) is 0 Å². The van der Waals surface area contributed by atoms with Gasteiger partial charge in [-0.3, -0.25) is 4.90 Å². The van der Waals surface area contributed by atoms with E-state index in [0.717, 1.165) is 18.1 Å². The first-order valence-electron chi connectivity index (χ1n) is 8.44. The van der Waals surface area contributed by atoms with Gasteiger partial charge in [0.1, 0.15) is 5.82 Å². The molecule has 1 saturated carbocycles. The summed E-state index contributed by atoms with van der Waals surface area (Å²) in [5, 5.41) is 0. The van der Waals surface area contributed by atoms with Gasteiger partial charge in [0.05, 0.1) is 11.0 Å². The number of nitrogens with one attached hydrogen (secondary N) is 1. The van der Waals surface area contributed by atoms with E-state index in [1.54, 1.807) is 0 Å². The zero-order valence-corrected chi connectivity index (χ0v) is 12.9. The molecule has 1 N–H and O–H groups in total. The Bertz CT molecular complexity index is 593. The van der Waals surface area contributed by atoms with Crippen molar-refractivity contribution in [2.24, 2.45) is 0 Å². The standard InChI is InChI=1S/C18H25N3/c1-18(17-19-15-9-5-6-10-16(15)20-17)11-12-21(13-18)14-7-3-2-4-8-14/h5-6,9-10,14H,2-4,7-8,11-13H2,1H3,(H,19,20). The fourth-order valence-corrected chi connectivity index (χ4v) is 4.19. The SMILES string of the molecule is CC1(c2nc3ccccc3[nH]2)CCN(C2CCCCC2)C1. The number of fused-ring (bicyclic) bond motifs is 1. The average molecular weight is 283 g/mol. The average Bonchev–Trinajstić information content (AvgIpc) is 3.13. The van der Waals surface area contributed by atoms with Gasteiger partial charge in [-0.05, 0) is 37.9 Å². The molecule has 0 spiro atoms. The molecule has 112 valence electrons. The molecule has 1 aromatic carbocycles. The molecule has 1 aliphatic carbocycles. The van der Waals surface area contributed by atoms with E-state index in [2.05, 4.69) is 41.1 Å². The lowest BCUT2D eigenvalue weighted by molar-refractivity contribution is 0.181. The van der Waals surface area contributed by atoms with Crippen molar-refractivity contribution < 1.29 is 0 Å². The van der Waals surface area contributed by atoms with E-state index in [9.17, 15) is 0 Å². The molecule has 21 heavy (non-hydrogen) atoms. The van der Waals surface area contributed by atoms with Crippen molar-refractivity contribution in [3.8, 4) is 0 Å². The van der Waals surface area contributed by atoms with Crippen LogP contribution in [0.2, 0.25) is 0 Å². The number of aromatic nitrogens is 2. The van der Waals surface area contributed by atoms with Gasteiger partial charge in [-0.2, -0.15) is 0 Å². The zero-order valence-electron chi connectivity index (χ0n) is 12.9. The Hall–Kier alpha value is -1.35. The van der Waals surface area contributed by atoms with Crippen LogP contribution in [-0.2, 0) is 5.41 Å². The van der Waals surface area contributed by atoms with Crippen LogP contribution in [0.25, 0.3) is 11.0 Å². The van der Waals surface area contributed by atoms with Crippen LogP contribution < -0.4 is 0 Å². The van der Waals surface area contributed by atoms with E-state index in [-0.39, 0.29) is 5.41 Å². The normalized spacial score (nSPS) is 28.4. The van der Waals surface area contributed by atoms with Gasteiger partial charge in [0.25, 0.3) is 0 Å². The molecule has 2 heterocycles. The third-order valence-electron chi connectivity index (χ3n) is 5.56. The van der Waals surface area contributed by atoms with Crippen molar-refractivity contribution in [2.75, 3.05) is 13.1 Å². The van der Waals surface area contributed by atoms with Crippen molar-refractivity contribution in [1.29, 1.82) is 0 Å². The second-order valence-electron chi connectivity index (χ2n) is 7.18. The van der Waals surface area contributed by atoms with E-state index in [1.165, 1.54) is 56.4 Å². The maximum Gasteiger partial charge on any atom is 0.114 e. The smallest absolute Gasteiger partial charge is 0.114 e. The highest BCUT2D eigenvalue weighted by Crippen LogP contribution is 2.36. The highest BCUT2D eigenvalue weighted by molar-refractivity contribution is 5.75. The van der Waals surface area contributed by atoms with Crippen LogP contribution in [0.5, 0.6) is 0 Å². The lowest BCUT2D eigenvalue weighted by atomic mass is 9.88. The Labute approximate surface area is 126 Å². The van der Waals surface area contributed by atoms with Crippen LogP contribution in [0.3, 0.4) is 0 Å². The highest BCUT2D eigenvalue weighted by Gasteiger charge is 2.40. The van der Waals surface area contributed by atoms with Crippen LogP contribution >= 0.6 is 0 Å². The topological polar surface area (TPSA) is 31.9 Å². The van der Waals surface area contributed by atoms with Gasteiger partial charge in [0, 0.05) is 18.0 Å². The summed E-state index contributed by atoms with van der Waals surface area (Å²) >= 11 is 0. The first-order valence-corrected chi connectivity index (χ1v) is 8.44. The molecule has 2 fully saturated rings. The lowest BCUT2D eigenvalue weighted by Gasteiger charge is -2.32. The van der Waals surface area contributed by atoms with E-state index in [1.807, 2.05) is 0 Å². The summed E-state index contributed by atoms with van der Waals surface area (Å²) in [4.78, 5) is 11.2. The van der Waals surface area contributed by atoms with E-state index in [4.69, 9.17) is 4.98 Å². The molecule has 2 aromatic rings. The summed E-state index contributed by atoms with van der Waals surface area (Å²) in [7, 11) is 0. The van der Waals surface area contributed by atoms with Gasteiger partial charge >= 0.3 is 0 Å². The van der Waals surface area contributed by atoms with Gasteiger partial charge in [-0.1, -0.05) is 38.3 Å². The summed E-state index contributed by atoms with van der Waals surface area (Å²) in [5.41, 5.74) is 2.46. The quantitative estimate of drug-likeness (QED) is 0.907. The van der Waals surface area contributed by atoms with Crippen molar-refractivity contribution in [1.82, 2.24) is 14.9 Å². The minimum absolute atomic E-state index is 0.191. The van der Waals surface area contributed by atoms with Crippen LogP contribution in [0.4, 0.5) is 0 Å². The number of rotatable bonds is 2. The number of H-pyrrole nitrogens is 1. The van der Waals surface area contributed by atoms with E-state index in [0.29, 0.717) is 0 Å². The van der Waals surface area contributed by atoms with Crippen LogP contribution in [0, 0.1) is 0 Å². The number of nitrogens with zero attached hydrogens (tertiary/aromatic N) is 2. The predicted octanol–water partition coefficient (Wildman–Crippen LogP) is 3.86. The number of likely N-dealkylation sites (tertiary alicyclic amines) is 1. The summed E-state index contributed by atoms with van der Waals surface area (Å²) in [6, 6.07) is 9.20. The molecule has 1 atom stereocenters. The van der Waals surface area contributed by atoms with Gasteiger partial charge in [-0.25, -0.2) is 4.98 Å². The molecule has 1 aromatic heterocycles. The minimum atomic E-state index is 0.191. The molecule has 1 aliphatic heterocycles. The summed E-state index contributed by atoms with van der Waals surface area (Å²) < 4.78 is 0. The molecule has 2 aliphatic rings. The fourth-order valence-electron chi connectivity index (χ4n) is 4.19. The van der Waals surface area contributed by atoms with Crippen molar-refractivity contribution in [2.45, 2.75) is 56.9 Å². The highest BCUT2D eigenvalue weighted by atomic mass is 15.2. The Morgan fingerprint density at radius 3 is 2.81 bits per heavy atom. The van der Waals surface area contributed by atoms with Crippen LogP contribution in [0.1, 0.15) is 51.3 Å². The molecular weight excluding hydrogens is 258 g/mol. The second kappa shape index (κ2) is 5.13. The first-order chi connectivity index (χ1) is 10.2. The number of benzene rings is 1. The number of hydrogen-bond acceptors (Lipinski definition) is 2. The fraction of sp³-hybridized carbons (Fsp3) is 0.611. The largest absolute Gasteiger partial charge is 0.341 e. The molecule has 4 rings (SSSR count). The van der Waals surface area contributed by atoms with E-state index >= 15 is 0 Å². The maximum absolute atomic E-state index is 4.86. The minimum Gasteiger partial charge on any atom is -0.341 e. The van der Waals surface area contributed by atoms with E-state index < -0.39 is 0 Å². The van der Waals surface area contributed by atoms with Crippen molar-refractivity contribution in [3.05, 3.63) is 30.1 Å². The lowest BCUT2D eigenvalue weighted by Crippen LogP contribution is -2.37. The molecular formula is C18H25N3. The Morgan fingerprint density at radius 2 is 2.00 bits per heavy atom. The molecule has 1 saturated heterocycles.